The molecule has 2 aromatic heterocycles. The summed E-state index contributed by atoms with van der Waals surface area (Å²) in [5.74, 6) is -0.209. The van der Waals surface area contributed by atoms with Crippen LogP contribution in [0.2, 0.25) is 5.02 Å². The number of sulfonamides is 1. The van der Waals surface area contributed by atoms with E-state index in [1.807, 2.05) is 48.2 Å². The number of rotatable bonds is 12. The van der Waals surface area contributed by atoms with Gasteiger partial charge in [0.1, 0.15) is 17.0 Å². The highest BCUT2D eigenvalue weighted by atomic mass is 35.5. The van der Waals surface area contributed by atoms with Gasteiger partial charge in [0.25, 0.3) is 21.6 Å². The van der Waals surface area contributed by atoms with Crippen molar-refractivity contribution in [3.63, 3.8) is 0 Å². The van der Waals surface area contributed by atoms with Crippen molar-refractivity contribution in [3.05, 3.63) is 111 Å². The number of fused-ring (bicyclic) bond motifs is 2. The molecule has 17 heteroatoms. The maximum atomic E-state index is 14.4. The van der Waals surface area contributed by atoms with Gasteiger partial charge in [0, 0.05) is 93.8 Å². The maximum absolute atomic E-state index is 14.4. The van der Waals surface area contributed by atoms with E-state index in [0.717, 1.165) is 87.0 Å². The summed E-state index contributed by atoms with van der Waals surface area (Å²) in [6.45, 7) is 12.9. The van der Waals surface area contributed by atoms with Crippen LogP contribution in [0.15, 0.2) is 89.5 Å². The first-order chi connectivity index (χ1) is 31.7. The third kappa shape index (κ3) is 10.0. The molecule has 0 radical (unpaired) electrons. The standard InChI is InChI=1S/C49H57ClN8O7S/c1-32-14-19-57(45-26-35-13-18-51-46(35)53-48(45)65-32)43-27-38(56-22-20-55(21-23-56)31-36-12-17-49(2,3)29-41(36)34-4-6-37(50)7-5-34)8-10-40(43)47(59)54-66(62,63)39-9-11-42(44(28-39)58(60)61)52-30-33-15-24-64-25-16-33/h4-11,13,18,26-28,32-33,52H,12,14-17,19-25,29-31H2,1-3H3,(H,51,53)(H,54,59)/t32-/m1/s1. The second-order valence-corrected chi connectivity index (χ2v) is 20.9. The lowest BCUT2D eigenvalue weighted by atomic mass is 9.72. The Kier molecular flexibility index (Phi) is 13.0. The summed E-state index contributed by atoms with van der Waals surface area (Å²) in [7, 11) is -4.57. The molecule has 9 rings (SSSR count). The number of piperazine rings is 1. The largest absolute Gasteiger partial charge is 0.473 e. The number of hydrogen-bond acceptors (Lipinski definition) is 12. The van der Waals surface area contributed by atoms with Crippen LogP contribution in [0.3, 0.4) is 0 Å². The molecule has 3 N–H and O–H groups in total. The number of anilines is 4. The highest BCUT2D eigenvalue weighted by Gasteiger charge is 2.33. The lowest BCUT2D eigenvalue weighted by Gasteiger charge is -2.39. The highest BCUT2D eigenvalue weighted by molar-refractivity contribution is 7.90. The molecule has 66 heavy (non-hydrogen) atoms. The van der Waals surface area contributed by atoms with E-state index in [1.54, 1.807) is 12.3 Å². The van der Waals surface area contributed by atoms with E-state index in [-0.39, 0.29) is 28.7 Å². The zero-order chi connectivity index (χ0) is 46.2. The molecule has 15 nitrogen and oxygen atoms in total. The van der Waals surface area contributed by atoms with Crippen LogP contribution in [-0.4, -0.2) is 99.2 Å². The lowest BCUT2D eigenvalue weighted by molar-refractivity contribution is -0.384. The second-order valence-electron chi connectivity index (χ2n) is 18.8. The molecule has 1 aliphatic carbocycles. The first-order valence-electron chi connectivity index (χ1n) is 22.9. The lowest BCUT2D eigenvalue weighted by Crippen LogP contribution is -2.47. The number of benzene rings is 3. The molecule has 0 bridgehead atoms. The second kappa shape index (κ2) is 18.9. The molecule has 3 aliphatic heterocycles. The number of pyridine rings is 1. The van der Waals surface area contributed by atoms with Crippen LogP contribution in [0.1, 0.15) is 75.2 Å². The molecule has 1 atom stereocenters. The first-order valence-corrected chi connectivity index (χ1v) is 24.7. The van der Waals surface area contributed by atoms with E-state index in [0.29, 0.717) is 55.6 Å². The highest BCUT2D eigenvalue weighted by Crippen LogP contribution is 2.44. The Hall–Kier alpha value is -5.68. The Morgan fingerprint density at radius 2 is 1.74 bits per heavy atom. The van der Waals surface area contributed by atoms with Gasteiger partial charge in [-0.05, 0) is 116 Å². The summed E-state index contributed by atoms with van der Waals surface area (Å²) in [6.07, 6.45) is 7.05. The molecule has 0 spiro atoms. The van der Waals surface area contributed by atoms with Gasteiger partial charge < -0.3 is 29.6 Å². The number of ether oxygens (including phenoxy) is 2. The Labute approximate surface area is 390 Å². The molecule has 348 valence electrons. The maximum Gasteiger partial charge on any atom is 0.293 e. The zero-order valence-electron chi connectivity index (χ0n) is 37.6. The van der Waals surface area contributed by atoms with Gasteiger partial charge in [-0.2, -0.15) is 4.98 Å². The van der Waals surface area contributed by atoms with Gasteiger partial charge in [0.15, 0.2) is 0 Å². The minimum atomic E-state index is -4.57. The van der Waals surface area contributed by atoms with E-state index < -0.39 is 31.4 Å². The number of aromatic amines is 1. The van der Waals surface area contributed by atoms with Crippen LogP contribution in [0.25, 0.3) is 16.6 Å². The number of H-pyrrole nitrogens is 1. The fourth-order valence-electron chi connectivity index (χ4n) is 9.61. The average molecular weight is 938 g/mol. The fourth-order valence-corrected chi connectivity index (χ4v) is 10.7. The molecule has 0 unspecified atom stereocenters. The molecule has 3 aromatic carbocycles. The van der Waals surface area contributed by atoms with Crippen molar-refractivity contribution < 1.29 is 27.6 Å². The number of halogens is 1. The molecule has 1 amide bonds. The number of aromatic nitrogens is 2. The van der Waals surface area contributed by atoms with Crippen molar-refractivity contribution in [1.82, 2.24) is 19.6 Å². The zero-order valence-corrected chi connectivity index (χ0v) is 39.2. The molecular formula is C49H57ClN8O7S. The summed E-state index contributed by atoms with van der Waals surface area (Å²) in [6, 6.07) is 21.2. The number of nitro groups is 1. The van der Waals surface area contributed by atoms with E-state index in [9.17, 15) is 23.3 Å². The van der Waals surface area contributed by atoms with Gasteiger partial charge in [-0.15, -0.1) is 0 Å². The molecule has 2 saturated heterocycles. The topological polar surface area (TPSA) is 175 Å². The van der Waals surface area contributed by atoms with Crippen molar-refractivity contribution in [2.45, 2.75) is 70.3 Å². The molecule has 0 saturated carbocycles. The summed E-state index contributed by atoms with van der Waals surface area (Å²) in [5.41, 5.74) is 6.95. The Morgan fingerprint density at radius 3 is 2.50 bits per heavy atom. The monoisotopic (exact) mass is 936 g/mol. The van der Waals surface area contributed by atoms with Gasteiger partial charge >= 0.3 is 0 Å². The third-order valence-electron chi connectivity index (χ3n) is 13.5. The first kappa shape index (κ1) is 45.5. The number of carbonyl (C=O) groups is 1. The van der Waals surface area contributed by atoms with Crippen LogP contribution in [-0.2, 0) is 14.8 Å². The summed E-state index contributed by atoms with van der Waals surface area (Å²) >= 11 is 6.28. The van der Waals surface area contributed by atoms with Gasteiger partial charge in [0.05, 0.1) is 27.2 Å². The van der Waals surface area contributed by atoms with Gasteiger partial charge in [-0.1, -0.05) is 43.2 Å². The van der Waals surface area contributed by atoms with E-state index in [2.05, 4.69) is 50.8 Å². The molecule has 5 heterocycles. The Bertz CT molecular complexity index is 2760. The van der Waals surface area contributed by atoms with Crippen molar-refractivity contribution in [1.29, 1.82) is 0 Å². The number of allylic oxidation sites excluding steroid dienone is 1. The van der Waals surface area contributed by atoms with E-state index >= 15 is 0 Å². The summed E-state index contributed by atoms with van der Waals surface area (Å²) < 4.78 is 42.0. The van der Waals surface area contributed by atoms with Gasteiger partial charge in [-0.25, -0.2) is 13.1 Å². The van der Waals surface area contributed by atoms with Crippen LogP contribution >= 0.6 is 11.6 Å². The van der Waals surface area contributed by atoms with Crippen LogP contribution < -0.4 is 24.6 Å². The number of amides is 1. The Balaban J connectivity index is 0.996. The predicted octanol–water partition coefficient (Wildman–Crippen LogP) is 9.18. The number of carbonyl (C=O) groups excluding carboxylic acids is 1. The van der Waals surface area contributed by atoms with Crippen molar-refractivity contribution >= 4 is 72.6 Å². The van der Waals surface area contributed by atoms with Gasteiger partial charge in [0.2, 0.25) is 5.88 Å². The normalized spacial score (nSPS) is 19.5. The quantitative estimate of drug-likeness (QED) is 0.0801. The van der Waals surface area contributed by atoms with Crippen LogP contribution in [0.5, 0.6) is 5.88 Å². The van der Waals surface area contributed by atoms with Crippen LogP contribution in [0.4, 0.5) is 28.4 Å². The number of hydrogen-bond donors (Lipinski definition) is 3. The van der Waals surface area contributed by atoms with Crippen LogP contribution in [0, 0.1) is 21.4 Å². The Morgan fingerprint density at radius 1 is 0.970 bits per heavy atom. The molecule has 4 aliphatic rings. The molecule has 2 fully saturated rings. The minimum absolute atomic E-state index is 0.113. The number of nitro benzene ring substituents is 1. The van der Waals surface area contributed by atoms with Crippen molar-refractivity contribution in [2.24, 2.45) is 11.3 Å². The van der Waals surface area contributed by atoms with E-state index in [4.69, 9.17) is 26.1 Å². The average Bonchev–Trinajstić information content (AvgIpc) is 3.70. The summed E-state index contributed by atoms with van der Waals surface area (Å²) in [4.78, 5) is 40.4. The molecular weight excluding hydrogens is 880 g/mol. The number of nitrogens with zero attached hydrogens (tertiary/aromatic N) is 5. The fraction of sp³-hybridized carbons (Fsp3) is 0.429. The molecule has 5 aromatic rings. The minimum Gasteiger partial charge on any atom is -0.473 e. The predicted molar refractivity (Wildman–Crippen MR) is 259 cm³/mol. The van der Waals surface area contributed by atoms with E-state index in [1.165, 1.54) is 28.8 Å². The summed E-state index contributed by atoms with van der Waals surface area (Å²) in [5, 5.41) is 16.9. The van der Waals surface area contributed by atoms with Gasteiger partial charge in [-0.3, -0.25) is 19.8 Å². The van der Waals surface area contributed by atoms with Crippen molar-refractivity contribution in [2.75, 3.05) is 74.1 Å². The smallest absolute Gasteiger partial charge is 0.293 e. The SMILES string of the molecule is C[C@@H]1CCN(c2cc(N3CCN(CC4=C(c5ccc(Cl)cc5)CC(C)(C)CC4)CC3)ccc2C(=O)NS(=O)(=O)c2ccc(NCC3CCOCC3)c([N+](=O)[O-])c2)c2cc3cc[nH]c3nc2O1. The van der Waals surface area contributed by atoms with Crippen molar-refractivity contribution in [3.8, 4) is 5.88 Å². The third-order valence-corrected chi connectivity index (χ3v) is 15.1. The number of nitrogens with one attached hydrogen (secondary N) is 3.